The molecule has 0 aromatic heterocycles. The summed E-state index contributed by atoms with van der Waals surface area (Å²) in [6.45, 7) is 3.38. The number of benzene rings is 1. The Morgan fingerprint density at radius 2 is 2.00 bits per heavy atom. The smallest absolute Gasteiger partial charge is 0.237 e. The second-order valence-corrected chi connectivity index (χ2v) is 6.36. The Morgan fingerprint density at radius 1 is 1.30 bits per heavy atom. The average Bonchev–Trinajstić information content (AvgIpc) is 2.48. The van der Waals surface area contributed by atoms with Crippen molar-refractivity contribution in [2.45, 2.75) is 19.4 Å². The first-order valence-corrected chi connectivity index (χ1v) is 7.75. The van der Waals surface area contributed by atoms with Crippen LogP contribution in [0.25, 0.3) is 0 Å². The van der Waals surface area contributed by atoms with Gasteiger partial charge in [-0.1, -0.05) is 6.92 Å². The lowest BCUT2D eigenvalue weighted by Crippen LogP contribution is -2.45. The molecule has 0 aliphatic carbocycles. The van der Waals surface area contributed by atoms with Crippen LogP contribution in [0.2, 0.25) is 0 Å². The van der Waals surface area contributed by atoms with Crippen LogP contribution in [0.1, 0.15) is 24.1 Å². The summed E-state index contributed by atoms with van der Waals surface area (Å²) in [6, 6.07) is 4.17. The fourth-order valence-electron chi connectivity index (χ4n) is 3.04. The molecular formula is C14H19NO4S. The molecule has 0 N–H and O–H groups in total. The lowest BCUT2D eigenvalue weighted by molar-refractivity contribution is 0.123. The Balaban J connectivity index is 2.08. The second-order valence-electron chi connectivity index (χ2n) is 5.22. The molecule has 2 aliphatic rings. The molecule has 3 atom stereocenters. The summed E-state index contributed by atoms with van der Waals surface area (Å²) < 4.78 is 30.0. The lowest BCUT2D eigenvalue weighted by Gasteiger charge is -2.42. The molecule has 0 saturated carbocycles. The third-order valence-corrected chi connectivity index (χ3v) is 5.17. The van der Waals surface area contributed by atoms with E-state index in [1.807, 2.05) is 16.4 Å². The van der Waals surface area contributed by atoms with Crippen LogP contribution >= 0.6 is 0 Å². The molecule has 2 aliphatic heterocycles. The van der Waals surface area contributed by atoms with Crippen molar-refractivity contribution in [3.05, 3.63) is 23.3 Å². The quantitative estimate of drug-likeness (QED) is 0.836. The largest absolute Gasteiger partial charge is 0.493 e. The molecule has 0 unspecified atom stereocenters. The van der Waals surface area contributed by atoms with E-state index in [0.717, 1.165) is 24.5 Å². The molecule has 110 valence electrons. The Kier molecular flexibility index (Phi) is 3.70. The topological polar surface area (TPSA) is 48.0 Å². The van der Waals surface area contributed by atoms with Crippen molar-refractivity contribution in [2.75, 3.05) is 27.4 Å². The van der Waals surface area contributed by atoms with Crippen LogP contribution in [0.3, 0.4) is 0 Å². The Hall–Kier alpha value is -1.11. The summed E-state index contributed by atoms with van der Waals surface area (Å²) >= 11 is -1.34. The van der Waals surface area contributed by atoms with Crippen molar-refractivity contribution >= 4 is 11.3 Å². The summed E-state index contributed by atoms with van der Waals surface area (Å²) in [4.78, 5) is 0. The van der Waals surface area contributed by atoms with E-state index < -0.39 is 11.3 Å². The van der Waals surface area contributed by atoms with Gasteiger partial charge in [-0.05, 0) is 29.7 Å². The van der Waals surface area contributed by atoms with E-state index in [9.17, 15) is 4.21 Å². The first-order chi connectivity index (χ1) is 9.65. The van der Waals surface area contributed by atoms with Gasteiger partial charge in [-0.25, -0.2) is 4.21 Å². The summed E-state index contributed by atoms with van der Waals surface area (Å²) in [5.41, 5.74) is 2.42. The van der Waals surface area contributed by atoms with Crippen molar-refractivity contribution in [1.29, 1.82) is 0 Å². The van der Waals surface area contributed by atoms with Crippen LogP contribution in [-0.4, -0.2) is 35.9 Å². The maximum Gasteiger partial charge on any atom is 0.237 e. The third-order valence-electron chi connectivity index (χ3n) is 4.04. The van der Waals surface area contributed by atoms with Gasteiger partial charge in [0.1, 0.15) is 0 Å². The molecule has 3 rings (SSSR count). The number of hydrogen-bond donors (Lipinski definition) is 0. The van der Waals surface area contributed by atoms with E-state index in [-0.39, 0.29) is 6.04 Å². The molecule has 1 saturated heterocycles. The Bertz CT molecular complexity index is 548. The molecule has 20 heavy (non-hydrogen) atoms. The fraction of sp³-hybridized carbons (Fsp3) is 0.571. The number of ether oxygens (including phenoxy) is 2. The molecule has 0 amide bonds. The van der Waals surface area contributed by atoms with Gasteiger partial charge in [0.15, 0.2) is 11.5 Å². The minimum Gasteiger partial charge on any atom is -0.493 e. The van der Waals surface area contributed by atoms with Crippen LogP contribution < -0.4 is 9.47 Å². The highest BCUT2D eigenvalue weighted by Crippen LogP contribution is 2.43. The van der Waals surface area contributed by atoms with Gasteiger partial charge in [-0.3, -0.25) is 4.18 Å². The summed E-state index contributed by atoms with van der Waals surface area (Å²) in [6.07, 6.45) is 0.841. The van der Waals surface area contributed by atoms with E-state index in [4.69, 9.17) is 13.7 Å². The number of rotatable bonds is 2. The highest BCUT2D eigenvalue weighted by molar-refractivity contribution is 7.77. The van der Waals surface area contributed by atoms with Crippen molar-refractivity contribution in [3.8, 4) is 11.5 Å². The molecule has 1 aromatic rings. The van der Waals surface area contributed by atoms with E-state index in [1.54, 1.807) is 14.2 Å². The number of methoxy groups -OCH3 is 2. The minimum atomic E-state index is -1.34. The number of hydrogen-bond acceptors (Lipinski definition) is 4. The molecule has 1 fully saturated rings. The van der Waals surface area contributed by atoms with Crippen molar-refractivity contribution in [1.82, 2.24) is 4.31 Å². The van der Waals surface area contributed by atoms with Gasteiger partial charge in [0.05, 0.1) is 26.9 Å². The Labute approximate surface area is 121 Å². The zero-order chi connectivity index (χ0) is 14.3. The predicted octanol–water partition coefficient (Wildman–Crippen LogP) is 1.85. The monoisotopic (exact) mass is 297 g/mol. The lowest BCUT2D eigenvalue weighted by atomic mass is 9.87. The molecule has 0 bridgehead atoms. The van der Waals surface area contributed by atoms with E-state index in [2.05, 4.69) is 6.92 Å². The van der Waals surface area contributed by atoms with Gasteiger partial charge in [0.25, 0.3) is 0 Å². The predicted molar refractivity (Wildman–Crippen MR) is 76.0 cm³/mol. The van der Waals surface area contributed by atoms with Gasteiger partial charge in [0, 0.05) is 12.5 Å². The Morgan fingerprint density at radius 3 is 2.70 bits per heavy atom. The zero-order valence-corrected chi connectivity index (χ0v) is 12.7. The maximum absolute atomic E-state index is 12.0. The number of nitrogens with zero attached hydrogens (tertiary/aromatic N) is 1. The van der Waals surface area contributed by atoms with Gasteiger partial charge in [-0.2, -0.15) is 4.31 Å². The van der Waals surface area contributed by atoms with E-state index >= 15 is 0 Å². The van der Waals surface area contributed by atoms with Crippen molar-refractivity contribution < 1.29 is 17.9 Å². The molecule has 0 spiro atoms. The second kappa shape index (κ2) is 5.35. The molecule has 6 heteroatoms. The normalized spacial score (nSPS) is 29.4. The first kappa shape index (κ1) is 13.9. The molecule has 0 radical (unpaired) electrons. The fourth-order valence-corrected chi connectivity index (χ4v) is 4.25. The molecule has 5 nitrogen and oxygen atoms in total. The highest BCUT2D eigenvalue weighted by atomic mass is 32.2. The van der Waals surface area contributed by atoms with Crippen LogP contribution in [0.15, 0.2) is 12.1 Å². The van der Waals surface area contributed by atoms with Crippen molar-refractivity contribution in [3.63, 3.8) is 0 Å². The van der Waals surface area contributed by atoms with Gasteiger partial charge < -0.3 is 9.47 Å². The maximum atomic E-state index is 12.0. The SMILES string of the molecule is COc1cc2c(cc1OC)[C@H]1[C@@H](C)CO[S@](=O)N1CC2. The summed E-state index contributed by atoms with van der Waals surface area (Å²) in [5, 5.41) is 0. The van der Waals surface area contributed by atoms with E-state index in [0.29, 0.717) is 12.5 Å². The first-order valence-electron chi connectivity index (χ1n) is 6.72. The molecular weight excluding hydrogens is 278 g/mol. The van der Waals surface area contributed by atoms with Crippen LogP contribution in [0.4, 0.5) is 0 Å². The van der Waals surface area contributed by atoms with E-state index in [1.165, 1.54) is 11.1 Å². The highest BCUT2D eigenvalue weighted by Gasteiger charge is 2.39. The standard InChI is InChI=1S/C14H19NO4S/c1-9-8-19-20(16)15-5-4-10-6-12(17-2)13(18-3)7-11(10)14(9)15/h6-7,9,14H,4-5,8H2,1-3H3/t9-,14+,20-/m0/s1. The van der Waals surface area contributed by atoms with Crippen LogP contribution in [0.5, 0.6) is 11.5 Å². The van der Waals surface area contributed by atoms with Crippen molar-refractivity contribution in [2.24, 2.45) is 5.92 Å². The molecule has 2 heterocycles. The van der Waals surface area contributed by atoms with Crippen LogP contribution in [-0.2, 0) is 21.9 Å². The van der Waals surface area contributed by atoms with Gasteiger partial charge in [-0.15, -0.1) is 0 Å². The van der Waals surface area contributed by atoms with Gasteiger partial charge >= 0.3 is 0 Å². The average molecular weight is 297 g/mol. The summed E-state index contributed by atoms with van der Waals surface area (Å²) in [7, 11) is 3.28. The minimum absolute atomic E-state index is 0.119. The van der Waals surface area contributed by atoms with Crippen LogP contribution in [0, 0.1) is 5.92 Å². The zero-order valence-electron chi connectivity index (χ0n) is 11.9. The van der Waals surface area contributed by atoms with Gasteiger partial charge in [0.2, 0.25) is 11.3 Å². The molecule has 1 aromatic carbocycles. The third kappa shape index (κ3) is 2.12. The number of fused-ring (bicyclic) bond motifs is 3. The summed E-state index contributed by atoms with van der Waals surface area (Å²) in [5.74, 6) is 1.77.